The summed E-state index contributed by atoms with van der Waals surface area (Å²) in [4.78, 5) is 2.41. The smallest absolute Gasteiger partial charge is 0.0695 e. The highest BCUT2D eigenvalue weighted by atomic mass is 16.3. The molecule has 1 N–H and O–H groups in total. The van der Waals surface area contributed by atoms with Crippen molar-refractivity contribution in [3.05, 3.63) is 0 Å². The van der Waals surface area contributed by atoms with Crippen LogP contribution in [0.25, 0.3) is 0 Å². The molecule has 0 radical (unpaired) electrons. The van der Waals surface area contributed by atoms with E-state index in [0.29, 0.717) is 6.04 Å². The minimum Gasteiger partial charge on any atom is -0.391 e. The molecule has 2 rings (SSSR count). The molecule has 2 aliphatic rings. The first kappa shape index (κ1) is 10.4. The summed E-state index contributed by atoms with van der Waals surface area (Å²) in [5, 5.41) is 9.90. The van der Waals surface area contributed by atoms with Crippen molar-refractivity contribution in [2.75, 3.05) is 13.6 Å². The van der Waals surface area contributed by atoms with Crippen LogP contribution >= 0.6 is 0 Å². The van der Waals surface area contributed by atoms with E-state index in [1.165, 1.54) is 45.1 Å². The molecule has 0 bridgehead atoms. The zero-order valence-electron chi connectivity index (χ0n) is 9.28. The van der Waals surface area contributed by atoms with Gasteiger partial charge in [0.1, 0.15) is 0 Å². The van der Waals surface area contributed by atoms with Crippen LogP contribution in [0.5, 0.6) is 0 Å². The SMILES string of the molecule is CN(CC1CCC1)[C@H]1CCCC[C@@H]1O. The van der Waals surface area contributed by atoms with E-state index in [0.717, 1.165) is 12.3 Å². The molecule has 0 unspecified atom stereocenters. The van der Waals surface area contributed by atoms with Gasteiger partial charge in [-0.05, 0) is 38.6 Å². The Kier molecular flexibility index (Phi) is 3.45. The lowest BCUT2D eigenvalue weighted by molar-refractivity contribution is 0.0197. The second-order valence-electron chi connectivity index (χ2n) is 5.16. The van der Waals surface area contributed by atoms with Gasteiger partial charge in [-0.2, -0.15) is 0 Å². The first-order valence-corrected chi connectivity index (χ1v) is 6.15. The van der Waals surface area contributed by atoms with Crippen molar-refractivity contribution in [3.63, 3.8) is 0 Å². The van der Waals surface area contributed by atoms with E-state index in [-0.39, 0.29) is 6.10 Å². The fraction of sp³-hybridized carbons (Fsp3) is 1.00. The summed E-state index contributed by atoms with van der Waals surface area (Å²) in [5.74, 6) is 0.925. The standard InChI is InChI=1S/C12H23NO/c1-13(9-10-5-4-6-10)11-7-2-3-8-12(11)14/h10-12,14H,2-9H2,1H3/t11-,12-/m0/s1. The second kappa shape index (κ2) is 4.63. The van der Waals surface area contributed by atoms with Crippen LogP contribution in [0.2, 0.25) is 0 Å². The van der Waals surface area contributed by atoms with E-state index < -0.39 is 0 Å². The summed E-state index contributed by atoms with van der Waals surface area (Å²) in [7, 11) is 2.19. The molecule has 0 aliphatic heterocycles. The molecule has 0 aromatic carbocycles. The summed E-state index contributed by atoms with van der Waals surface area (Å²) < 4.78 is 0. The van der Waals surface area contributed by atoms with Crippen LogP contribution < -0.4 is 0 Å². The minimum atomic E-state index is -0.0613. The molecule has 0 aromatic heterocycles. The van der Waals surface area contributed by atoms with Gasteiger partial charge in [-0.3, -0.25) is 0 Å². The fourth-order valence-corrected chi connectivity index (χ4v) is 2.82. The van der Waals surface area contributed by atoms with Gasteiger partial charge in [-0.15, -0.1) is 0 Å². The lowest BCUT2D eigenvalue weighted by Gasteiger charge is -2.39. The van der Waals surface area contributed by atoms with Gasteiger partial charge < -0.3 is 10.0 Å². The van der Waals surface area contributed by atoms with Crippen LogP contribution in [0.1, 0.15) is 44.9 Å². The van der Waals surface area contributed by atoms with Gasteiger partial charge >= 0.3 is 0 Å². The molecular formula is C12H23NO. The number of aliphatic hydroxyl groups excluding tert-OH is 1. The highest BCUT2D eigenvalue weighted by Crippen LogP contribution is 2.29. The number of nitrogens with zero attached hydrogens (tertiary/aromatic N) is 1. The Morgan fingerprint density at radius 3 is 2.36 bits per heavy atom. The normalized spacial score (nSPS) is 34.5. The predicted molar refractivity (Wildman–Crippen MR) is 58.2 cm³/mol. The molecule has 2 atom stereocenters. The average Bonchev–Trinajstić information content (AvgIpc) is 2.12. The van der Waals surface area contributed by atoms with Crippen molar-refractivity contribution in [1.29, 1.82) is 0 Å². The number of aliphatic hydroxyl groups is 1. The molecule has 2 fully saturated rings. The molecule has 0 saturated heterocycles. The van der Waals surface area contributed by atoms with Crippen LogP contribution in [0.15, 0.2) is 0 Å². The zero-order valence-corrected chi connectivity index (χ0v) is 9.28. The number of hydrogen-bond acceptors (Lipinski definition) is 2. The molecule has 0 spiro atoms. The zero-order chi connectivity index (χ0) is 9.97. The summed E-state index contributed by atoms with van der Waals surface area (Å²) in [6.07, 6.45) is 8.91. The first-order valence-electron chi connectivity index (χ1n) is 6.15. The van der Waals surface area contributed by atoms with E-state index in [1.54, 1.807) is 0 Å². The average molecular weight is 197 g/mol. The van der Waals surface area contributed by atoms with E-state index >= 15 is 0 Å². The van der Waals surface area contributed by atoms with Crippen molar-refractivity contribution in [3.8, 4) is 0 Å². The maximum absolute atomic E-state index is 9.90. The van der Waals surface area contributed by atoms with Gasteiger partial charge in [0, 0.05) is 12.6 Å². The Morgan fingerprint density at radius 1 is 1.07 bits per heavy atom. The summed E-state index contributed by atoms with van der Waals surface area (Å²) >= 11 is 0. The third-order valence-corrected chi connectivity index (χ3v) is 4.03. The van der Waals surface area contributed by atoms with Crippen LogP contribution in [0, 0.1) is 5.92 Å². The third kappa shape index (κ3) is 2.29. The highest BCUT2D eigenvalue weighted by Gasteiger charge is 2.29. The lowest BCUT2D eigenvalue weighted by atomic mass is 9.84. The Morgan fingerprint density at radius 2 is 1.79 bits per heavy atom. The molecule has 82 valence electrons. The molecule has 0 heterocycles. The quantitative estimate of drug-likeness (QED) is 0.748. The maximum Gasteiger partial charge on any atom is 0.0695 e. The highest BCUT2D eigenvalue weighted by molar-refractivity contribution is 4.83. The number of likely N-dealkylation sites (N-methyl/N-ethyl adjacent to an activating group) is 1. The van der Waals surface area contributed by atoms with Gasteiger partial charge in [0.2, 0.25) is 0 Å². The Bertz CT molecular complexity index is 179. The number of rotatable bonds is 3. The first-order chi connectivity index (χ1) is 6.77. The van der Waals surface area contributed by atoms with Gasteiger partial charge in [0.05, 0.1) is 6.10 Å². The van der Waals surface area contributed by atoms with E-state index in [9.17, 15) is 5.11 Å². The Labute approximate surface area is 87.3 Å². The predicted octanol–water partition coefficient (Wildman–Crippen LogP) is 2.02. The van der Waals surface area contributed by atoms with E-state index in [1.807, 2.05) is 0 Å². The molecule has 14 heavy (non-hydrogen) atoms. The Hall–Kier alpha value is -0.0800. The van der Waals surface area contributed by atoms with Crippen molar-refractivity contribution in [2.45, 2.75) is 57.1 Å². The van der Waals surface area contributed by atoms with Gasteiger partial charge in [0.25, 0.3) is 0 Å². The van der Waals surface area contributed by atoms with Crippen molar-refractivity contribution >= 4 is 0 Å². The van der Waals surface area contributed by atoms with Crippen LogP contribution in [0.4, 0.5) is 0 Å². The summed E-state index contributed by atoms with van der Waals surface area (Å²) in [5.41, 5.74) is 0. The third-order valence-electron chi connectivity index (χ3n) is 4.03. The number of hydrogen-bond donors (Lipinski definition) is 1. The van der Waals surface area contributed by atoms with Gasteiger partial charge in [0.15, 0.2) is 0 Å². The summed E-state index contributed by atoms with van der Waals surface area (Å²) in [6.45, 7) is 1.21. The lowest BCUT2D eigenvalue weighted by Crippen LogP contribution is -2.45. The monoisotopic (exact) mass is 197 g/mol. The van der Waals surface area contributed by atoms with Gasteiger partial charge in [-0.1, -0.05) is 19.3 Å². The molecule has 2 heteroatoms. The van der Waals surface area contributed by atoms with Crippen molar-refractivity contribution < 1.29 is 5.11 Å². The van der Waals surface area contributed by atoms with E-state index in [2.05, 4.69) is 11.9 Å². The van der Waals surface area contributed by atoms with Crippen LogP contribution in [-0.4, -0.2) is 35.7 Å². The fourth-order valence-electron chi connectivity index (χ4n) is 2.82. The Balaban J connectivity index is 1.79. The van der Waals surface area contributed by atoms with Gasteiger partial charge in [-0.25, -0.2) is 0 Å². The summed E-state index contributed by atoms with van der Waals surface area (Å²) in [6, 6.07) is 0.448. The largest absolute Gasteiger partial charge is 0.391 e. The molecule has 0 amide bonds. The second-order valence-corrected chi connectivity index (χ2v) is 5.16. The van der Waals surface area contributed by atoms with Crippen LogP contribution in [0.3, 0.4) is 0 Å². The van der Waals surface area contributed by atoms with Crippen molar-refractivity contribution in [2.24, 2.45) is 5.92 Å². The molecule has 0 aromatic rings. The van der Waals surface area contributed by atoms with E-state index in [4.69, 9.17) is 0 Å². The topological polar surface area (TPSA) is 23.5 Å². The molecular weight excluding hydrogens is 174 g/mol. The molecule has 2 nitrogen and oxygen atoms in total. The van der Waals surface area contributed by atoms with Crippen LogP contribution in [-0.2, 0) is 0 Å². The minimum absolute atomic E-state index is 0.0613. The molecule has 2 aliphatic carbocycles. The molecule has 2 saturated carbocycles. The van der Waals surface area contributed by atoms with Crippen molar-refractivity contribution in [1.82, 2.24) is 4.90 Å². The maximum atomic E-state index is 9.90.